The maximum Gasteiger partial charge on any atom is 0.159 e. The summed E-state index contributed by atoms with van der Waals surface area (Å²) >= 11 is 0. The lowest BCUT2D eigenvalue weighted by Gasteiger charge is -2.40. The van der Waals surface area contributed by atoms with Crippen molar-refractivity contribution in [2.75, 3.05) is 20.1 Å². The van der Waals surface area contributed by atoms with E-state index in [4.69, 9.17) is 0 Å². The third-order valence-corrected chi connectivity index (χ3v) is 5.66. The molecule has 1 aromatic carbocycles. The Labute approximate surface area is 143 Å². The summed E-state index contributed by atoms with van der Waals surface area (Å²) < 4.78 is 0. The molecule has 2 aliphatic heterocycles. The number of benzene rings is 1. The topological polar surface area (TPSA) is 39.1 Å². The highest BCUT2D eigenvalue weighted by molar-refractivity contribution is 5.87. The number of fused-ring (bicyclic) bond motifs is 1. The maximum absolute atomic E-state index is 10.2. The fourth-order valence-electron chi connectivity index (χ4n) is 4.32. The number of likely N-dealkylation sites (N-methyl/N-ethyl adjacent to an activating group) is 1. The van der Waals surface area contributed by atoms with Crippen molar-refractivity contribution in [2.24, 2.45) is 4.99 Å². The molecule has 2 heterocycles. The lowest BCUT2D eigenvalue weighted by Crippen LogP contribution is -2.44. The number of aliphatic hydroxyl groups excluding tert-OH is 1. The Morgan fingerprint density at radius 3 is 2.62 bits per heavy atom. The van der Waals surface area contributed by atoms with Gasteiger partial charge in [0, 0.05) is 38.2 Å². The quantitative estimate of drug-likeness (QED) is 0.920. The molecule has 0 aromatic heterocycles. The summed E-state index contributed by atoms with van der Waals surface area (Å²) in [4.78, 5) is 8.96. The summed E-state index contributed by atoms with van der Waals surface area (Å²) in [5.74, 6) is 1.36. The molecule has 1 aliphatic carbocycles. The fraction of sp³-hybridized carbons (Fsp3) is 0.450. The minimum atomic E-state index is 0.190. The Morgan fingerprint density at radius 1 is 1.12 bits per heavy atom. The number of rotatable bonds is 3. The summed E-state index contributed by atoms with van der Waals surface area (Å²) in [5.41, 5.74) is 2.51. The first-order valence-corrected chi connectivity index (χ1v) is 8.89. The van der Waals surface area contributed by atoms with Crippen LogP contribution in [0.5, 0.6) is 0 Å². The monoisotopic (exact) mass is 323 g/mol. The van der Waals surface area contributed by atoms with E-state index < -0.39 is 0 Å². The number of amidine groups is 1. The van der Waals surface area contributed by atoms with Crippen LogP contribution in [0.3, 0.4) is 0 Å². The molecule has 0 atom stereocenters. The molecular formula is C20H25N3O. The molecule has 0 spiro atoms. The molecule has 0 radical (unpaired) electrons. The van der Waals surface area contributed by atoms with E-state index in [0.29, 0.717) is 0 Å². The lowest BCUT2D eigenvalue weighted by molar-refractivity contribution is 0.297. The van der Waals surface area contributed by atoms with E-state index in [1.165, 1.54) is 31.2 Å². The molecule has 1 N–H and O–H groups in total. The third-order valence-electron chi connectivity index (χ3n) is 5.66. The zero-order chi connectivity index (χ0) is 16.6. The van der Waals surface area contributed by atoms with Crippen molar-refractivity contribution in [2.45, 2.75) is 37.5 Å². The first-order chi connectivity index (χ1) is 11.7. The van der Waals surface area contributed by atoms with E-state index in [0.717, 1.165) is 31.0 Å². The van der Waals surface area contributed by atoms with Crippen LogP contribution in [0.4, 0.5) is 0 Å². The van der Waals surface area contributed by atoms with Crippen LogP contribution in [0.15, 0.2) is 59.2 Å². The molecule has 0 bridgehead atoms. The van der Waals surface area contributed by atoms with E-state index in [2.05, 4.69) is 45.1 Å². The van der Waals surface area contributed by atoms with E-state index in [1.54, 1.807) is 6.20 Å². The smallest absolute Gasteiger partial charge is 0.159 e. The van der Waals surface area contributed by atoms with Gasteiger partial charge in [-0.05, 0) is 18.4 Å². The van der Waals surface area contributed by atoms with Gasteiger partial charge in [-0.15, -0.1) is 0 Å². The summed E-state index contributed by atoms with van der Waals surface area (Å²) in [7, 11) is 2.05. The average Bonchev–Trinajstić information content (AvgIpc) is 3.08. The normalized spacial score (nSPS) is 22.6. The molecular weight excluding hydrogens is 298 g/mol. The largest absolute Gasteiger partial charge is 0.504 e. The van der Waals surface area contributed by atoms with Crippen molar-refractivity contribution in [3.8, 4) is 0 Å². The van der Waals surface area contributed by atoms with Crippen LogP contribution < -0.4 is 0 Å². The number of nitrogens with zero attached hydrogens (tertiary/aromatic N) is 3. The van der Waals surface area contributed by atoms with Gasteiger partial charge in [0.2, 0.25) is 0 Å². The summed E-state index contributed by atoms with van der Waals surface area (Å²) in [6, 6.07) is 10.9. The van der Waals surface area contributed by atoms with E-state index in [-0.39, 0.29) is 11.2 Å². The van der Waals surface area contributed by atoms with Crippen molar-refractivity contribution in [1.82, 2.24) is 9.80 Å². The lowest BCUT2D eigenvalue weighted by atomic mass is 9.75. The second kappa shape index (κ2) is 6.00. The van der Waals surface area contributed by atoms with Gasteiger partial charge in [-0.1, -0.05) is 43.2 Å². The molecule has 0 saturated heterocycles. The zero-order valence-corrected chi connectivity index (χ0v) is 14.3. The van der Waals surface area contributed by atoms with Gasteiger partial charge in [0.25, 0.3) is 0 Å². The van der Waals surface area contributed by atoms with Crippen LogP contribution in [0.25, 0.3) is 0 Å². The maximum atomic E-state index is 10.2. The molecule has 24 heavy (non-hydrogen) atoms. The van der Waals surface area contributed by atoms with Gasteiger partial charge in [-0.25, -0.2) is 4.99 Å². The van der Waals surface area contributed by atoms with E-state index in [1.807, 2.05) is 13.2 Å². The van der Waals surface area contributed by atoms with Crippen LogP contribution in [0.1, 0.15) is 37.7 Å². The highest BCUT2D eigenvalue weighted by atomic mass is 16.3. The number of aliphatic hydroxyl groups is 1. The third kappa shape index (κ3) is 2.60. The van der Waals surface area contributed by atoms with Crippen molar-refractivity contribution in [1.29, 1.82) is 0 Å². The van der Waals surface area contributed by atoms with Crippen LogP contribution in [0.2, 0.25) is 0 Å². The minimum Gasteiger partial charge on any atom is -0.504 e. The molecule has 4 rings (SSSR count). The molecule has 126 valence electrons. The van der Waals surface area contributed by atoms with Gasteiger partial charge in [-0.3, -0.25) is 0 Å². The number of hydrogen-bond donors (Lipinski definition) is 1. The van der Waals surface area contributed by atoms with Crippen LogP contribution in [0, 0.1) is 0 Å². The summed E-state index contributed by atoms with van der Waals surface area (Å²) in [6.07, 6.45) is 9.60. The summed E-state index contributed by atoms with van der Waals surface area (Å²) in [5, 5.41) is 10.2. The van der Waals surface area contributed by atoms with Crippen LogP contribution >= 0.6 is 0 Å². The van der Waals surface area contributed by atoms with Crippen LogP contribution in [-0.4, -0.2) is 40.9 Å². The first kappa shape index (κ1) is 15.3. The highest BCUT2D eigenvalue weighted by Gasteiger charge is 2.39. The van der Waals surface area contributed by atoms with Crippen LogP contribution in [-0.2, 0) is 5.41 Å². The standard InChI is InChI=1S/C20H25N3O/c1-22-11-12-23-17(15-22)18(24)14-21-19(23)13-20(9-5-6-10-20)16-7-3-2-4-8-16/h2-4,7-8,14-15,24H,5-6,9-13H2,1H3. The molecule has 3 aliphatic rings. The molecule has 0 unspecified atom stereocenters. The van der Waals surface area contributed by atoms with Gasteiger partial charge < -0.3 is 14.9 Å². The molecule has 1 saturated carbocycles. The Hall–Kier alpha value is -2.23. The SMILES string of the molecule is CN1C=C2C(O)=CN=C(CC3(c4ccccc4)CCCC3)N2CC1. The molecule has 4 heteroatoms. The Morgan fingerprint density at radius 2 is 1.88 bits per heavy atom. The Bertz CT molecular complexity index is 699. The fourth-order valence-corrected chi connectivity index (χ4v) is 4.32. The first-order valence-electron chi connectivity index (χ1n) is 8.89. The van der Waals surface area contributed by atoms with Gasteiger partial charge >= 0.3 is 0 Å². The second-order valence-electron chi connectivity index (χ2n) is 7.24. The number of aliphatic imine (C=N–C) groups is 1. The average molecular weight is 323 g/mol. The number of hydrogen-bond acceptors (Lipinski definition) is 4. The van der Waals surface area contributed by atoms with Crippen molar-refractivity contribution < 1.29 is 5.11 Å². The van der Waals surface area contributed by atoms with Crippen molar-refractivity contribution in [3.05, 3.63) is 59.8 Å². The van der Waals surface area contributed by atoms with E-state index >= 15 is 0 Å². The molecule has 1 fully saturated rings. The molecule has 1 aromatic rings. The minimum absolute atomic E-state index is 0.190. The Kier molecular flexibility index (Phi) is 3.83. The second-order valence-corrected chi connectivity index (χ2v) is 7.24. The van der Waals surface area contributed by atoms with Crippen molar-refractivity contribution >= 4 is 5.84 Å². The van der Waals surface area contributed by atoms with Gasteiger partial charge in [0.1, 0.15) is 11.5 Å². The molecule has 4 nitrogen and oxygen atoms in total. The van der Waals surface area contributed by atoms with Crippen molar-refractivity contribution in [3.63, 3.8) is 0 Å². The van der Waals surface area contributed by atoms with Gasteiger partial charge in [-0.2, -0.15) is 0 Å². The van der Waals surface area contributed by atoms with E-state index in [9.17, 15) is 5.11 Å². The molecule has 0 amide bonds. The van der Waals surface area contributed by atoms with Gasteiger partial charge in [0.15, 0.2) is 5.76 Å². The predicted octanol–water partition coefficient (Wildman–Crippen LogP) is 3.79. The Balaban J connectivity index is 1.67. The van der Waals surface area contributed by atoms with Gasteiger partial charge in [0.05, 0.1) is 6.20 Å². The predicted molar refractivity (Wildman–Crippen MR) is 96.8 cm³/mol. The highest BCUT2D eigenvalue weighted by Crippen LogP contribution is 2.45. The zero-order valence-electron chi connectivity index (χ0n) is 14.3. The summed E-state index contributed by atoms with van der Waals surface area (Å²) in [6.45, 7) is 1.83.